The van der Waals surface area contributed by atoms with Crippen molar-refractivity contribution in [2.45, 2.75) is 30.7 Å². The molecule has 1 aliphatic heterocycles. The Morgan fingerprint density at radius 3 is 2.38 bits per heavy atom. The molecule has 0 fully saturated rings. The van der Waals surface area contributed by atoms with Crippen LogP contribution in [-0.4, -0.2) is 19.6 Å². The predicted molar refractivity (Wildman–Crippen MR) is 127 cm³/mol. The first-order chi connectivity index (χ1) is 15.2. The Morgan fingerprint density at radius 2 is 1.66 bits per heavy atom. The molecule has 3 aromatic rings. The van der Waals surface area contributed by atoms with E-state index in [1.54, 1.807) is 24.3 Å². The first kappa shape index (κ1) is 22.2. The lowest BCUT2D eigenvalue weighted by Crippen LogP contribution is -2.42. The number of anilines is 3. The molecule has 9 heteroatoms. The number of nitrogens with one attached hydrogen (secondary N) is 2. The van der Waals surface area contributed by atoms with Crippen molar-refractivity contribution in [1.29, 1.82) is 0 Å². The van der Waals surface area contributed by atoms with Gasteiger partial charge in [-0.25, -0.2) is 17.2 Å². The van der Waals surface area contributed by atoms with Crippen molar-refractivity contribution in [3.05, 3.63) is 83.9 Å². The molecule has 1 atom stereocenters. The average molecular weight is 474 g/mol. The first-order valence-electron chi connectivity index (χ1n) is 10.0. The molecule has 0 saturated carbocycles. The largest absolute Gasteiger partial charge is 0.332 e. The molecule has 3 aromatic carbocycles. The highest BCUT2D eigenvalue weighted by Crippen LogP contribution is 2.35. The number of rotatable bonds is 4. The summed E-state index contributed by atoms with van der Waals surface area (Å²) in [6, 6.07) is 16.0. The molecule has 0 bridgehead atoms. The molecule has 0 unspecified atom stereocenters. The van der Waals surface area contributed by atoms with Crippen LogP contribution in [0.3, 0.4) is 0 Å². The van der Waals surface area contributed by atoms with Crippen molar-refractivity contribution in [2.75, 3.05) is 14.9 Å². The molecule has 4 rings (SSSR count). The van der Waals surface area contributed by atoms with Crippen molar-refractivity contribution < 1.29 is 17.2 Å². The highest BCUT2D eigenvalue weighted by Gasteiger charge is 2.33. The maximum atomic E-state index is 13.6. The van der Waals surface area contributed by atoms with Gasteiger partial charge in [0.15, 0.2) is 5.11 Å². The van der Waals surface area contributed by atoms with E-state index in [4.69, 9.17) is 12.2 Å². The van der Waals surface area contributed by atoms with Gasteiger partial charge >= 0.3 is 0 Å². The van der Waals surface area contributed by atoms with Gasteiger partial charge < -0.3 is 10.6 Å². The van der Waals surface area contributed by atoms with E-state index in [1.807, 2.05) is 6.92 Å². The first-order valence-corrected chi connectivity index (χ1v) is 11.9. The van der Waals surface area contributed by atoms with Crippen LogP contribution < -0.4 is 14.9 Å². The minimum absolute atomic E-state index is 0.121. The second-order valence-electron chi connectivity index (χ2n) is 7.58. The molecular weight excluding hydrogens is 452 g/mol. The van der Waals surface area contributed by atoms with E-state index in [-0.39, 0.29) is 27.7 Å². The second kappa shape index (κ2) is 8.84. The molecule has 0 radical (unpaired) electrons. The number of nitrogens with zero attached hydrogens (tertiary/aromatic N) is 1. The number of sulfonamides is 1. The van der Waals surface area contributed by atoms with Crippen LogP contribution in [0.1, 0.15) is 18.9 Å². The minimum Gasteiger partial charge on any atom is -0.332 e. The minimum atomic E-state index is -3.84. The molecular formula is C23H21F2N3O2S2. The van der Waals surface area contributed by atoms with Gasteiger partial charge in [-0.15, -0.1) is 0 Å². The van der Waals surface area contributed by atoms with Gasteiger partial charge in [0.2, 0.25) is 0 Å². The van der Waals surface area contributed by atoms with Crippen LogP contribution in [0.4, 0.5) is 25.8 Å². The zero-order chi connectivity index (χ0) is 22.9. The van der Waals surface area contributed by atoms with Gasteiger partial charge in [0.25, 0.3) is 10.0 Å². The second-order valence-corrected chi connectivity index (χ2v) is 9.80. The standard InChI is InChI=1S/C23H21F2N3O2S2/c1-15-5-6-16-13-18(25)7-12-22(16)28(15)32(29,30)21-10-8-19(9-11-21)26-23(31)27-20-4-2-3-17(24)14-20/h2-4,7-15H,5-6H2,1H3,(H2,26,27,31)/t15-/m0/s1. The molecule has 0 saturated heterocycles. The smallest absolute Gasteiger partial charge is 0.264 e. The van der Waals surface area contributed by atoms with Gasteiger partial charge in [-0.2, -0.15) is 0 Å². The molecule has 5 nitrogen and oxygen atoms in total. The summed E-state index contributed by atoms with van der Waals surface area (Å²) in [7, 11) is -3.84. The number of hydrogen-bond acceptors (Lipinski definition) is 3. The van der Waals surface area contributed by atoms with Crippen molar-refractivity contribution in [3.8, 4) is 0 Å². The molecule has 0 spiro atoms. The van der Waals surface area contributed by atoms with E-state index in [9.17, 15) is 17.2 Å². The summed E-state index contributed by atoms with van der Waals surface area (Å²) in [4.78, 5) is 0.121. The topological polar surface area (TPSA) is 61.4 Å². The molecule has 0 aliphatic carbocycles. The summed E-state index contributed by atoms with van der Waals surface area (Å²) >= 11 is 5.24. The molecule has 0 aromatic heterocycles. The quantitative estimate of drug-likeness (QED) is 0.504. The Kier molecular flexibility index (Phi) is 6.12. The third kappa shape index (κ3) is 4.58. The summed E-state index contributed by atoms with van der Waals surface area (Å²) in [5.74, 6) is -0.766. The summed E-state index contributed by atoms with van der Waals surface area (Å²) in [6.45, 7) is 1.84. The molecule has 2 N–H and O–H groups in total. The van der Waals surface area contributed by atoms with Gasteiger partial charge in [-0.05, 0) is 98.2 Å². The van der Waals surface area contributed by atoms with Gasteiger partial charge in [-0.3, -0.25) is 4.31 Å². The normalized spacial score (nSPS) is 15.7. The third-order valence-electron chi connectivity index (χ3n) is 5.26. The van der Waals surface area contributed by atoms with Crippen LogP contribution in [-0.2, 0) is 16.4 Å². The Balaban J connectivity index is 1.53. The van der Waals surface area contributed by atoms with Crippen molar-refractivity contribution in [3.63, 3.8) is 0 Å². The maximum absolute atomic E-state index is 13.6. The number of aryl methyl sites for hydroxylation is 1. The lowest BCUT2D eigenvalue weighted by molar-refractivity contribution is 0.560. The Labute approximate surface area is 191 Å². The van der Waals surface area contributed by atoms with E-state index in [2.05, 4.69) is 10.6 Å². The van der Waals surface area contributed by atoms with E-state index >= 15 is 0 Å². The Morgan fingerprint density at radius 1 is 0.969 bits per heavy atom. The summed E-state index contributed by atoms with van der Waals surface area (Å²) in [5.41, 5.74) is 2.26. The van der Waals surface area contributed by atoms with Crippen molar-refractivity contribution in [1.82, 2.24) is 0 Å². The lowest BCUT2D eigenvalue weighted by atomic mass is 9.99. The molecule has 32 heavy (non-hydrogen) atoms. The monoisotopic (exact) mass is 473 g/mol. The average Bonchev–Trinajstić information content (AvgIpc) is 2.74. The zero-order valence-electron chi connectivity index (χ0n) is 17.2. The number of halogens is 2. The van der Waals surface area contributed by atoms with Crippen LogP contribution in [0.2, 0.25) is 0 Å². The van der Waals surface area contributed by atoms with Crippen molar-refractivity contribution in [2.24, 2.45) is 0 Å². The van der Waals surface area contributed by atoms with Crippen LogP contribution in [0.25, 0.3) is 0 Å². The number of hydrogen-bond donors (Lipinski definition) is 2. The SMILES string of the molecule is C[C@H]1CCc2cc(F)ccc2N1S(=O)(=O)c1ccc(NC(=S)Nc2cccc(F)c2)cc1. The number of fused-ring (bicyclic) bond motifs is 1. The highest BCUT2D eigenvalue weighted by molar-refractivity contribution is 7.92. The molecule has 1 aliphatic rings. The third-order valence-corrected chi connectivity index (χ3v) is 7.41. The number of benzene rings is 3. The predicted octanol–water partition coefficient (Wildman–Crippen LogP) is 5.30. The fraction of sp³-hybridized carbons (Fsp3) is 0.174. The summed E-state index contributed by atoms with van der Waals surface area (Å²) < 4.78 is 55.1. The molecule has 0 amide bonds. The van der Waals surface area contributed by atoms with Crippen LogP contribution >= 0.6 is 12.2 Å². The Bertz CT molecular complexity index is 1260. The molecule has 166 valence electrons. The summed E-state index contributed by atoms with van der Waals surface area (Å²) in [6.07, 6.45) is 1.23. The van der Waals surface area contributed by atoms with Crippen LogP contribution in [0, 0.1) is 11.6 Å². The molecule has 1 heterocycles. The van der Waals surface area contributed by atoms with E-state index in [1.165, 1.54) is 46.8 Å². The van der Waals surface area contributed by atoms with Gasteiger partial charge in [0.1, 0.15) is 11.6 Å². The number of thiocarbonyl (C=S) groups is 1. The van der Waals surface area contributed by atoms with Crippen molar-refractivity contribution >= 4 is 44.4 Å². The van der Waals surface area contributed by atoms with E-state index in [0.29, 0.717) is 35.5 Å². The van der Waals surface area contributed by atoms with E-state index in [0.717, 1.165) is 0 Å². The Hall–Kier alpha value is -3.04. The van der Waals surface area contributed by atoms with Crippen LogP contribution in [0.5, 0.6) is 0 Å². The maximum Gasteiger partial charge on any atom is 0.264 e. The lowest BCUT2D eigenvalue weighted by Gasteiger charge is -2.36. The van der Waals surface area contributed by atoms with Gasteiger partial charge in [0.05, 0.1) is 10.6 Å². The zero-order valence-corrected chi connectivity index (χ0v) is 18.8. The fourth-order valence-corrected chi connectivity index (χ4v) is 5.70. The van der Waals surface area contributed by atoms with Gasteiger partial charge in [-0.1, -0.05) is 6.07 Å². The summed E-state index contributed by atoms with van der Waals surface area (Å²) in [5, 5.41) is 6.06. The van der Waals surface area contributed by atoms with Crippen LogP contribution in [0.15, 0.2) is 71.6 Å². The van der Waals surface area contributed by atoms with E-state index < -0.39 is 10.0 Å². The fourth-order valence-electron chi connectivity index (χ4n) is 3.74. The highest BCUT2D eigenvalue weighted by atomic mass is 32.2. The van der Waals surface area contributed by atoms with Gasteiger partial charge in [0, 0.05) is 17.4 Å².